The molecular weight excluding hydrogens is 466 g/mol. The Bertz CT molecular complexity index is 1090. The SMILES string of the molecule is CCO[C@H](O)[C@H]1CC[C@H](N(CC)c2cc(Cl)cc(C(=O)NCc3c(C)cc(C)[nH]c3=O)c2C)CC1. The van der Waals surface area contributed by atoms with E-state index in [1.807, 2.05) is 39.8 Å². The normalized spacial score (nSPS) is 18.8. The number of rotatable bonds is 9. The number of aliphatic hydroxyl groups is 1. The Kier molecular flexibility index (Phi) is 9.39. The van der Waals surface area contributed by atoms with E-state index in [2.05, 4.69) is 22.1 Å². The van der Waals surface area contributed by atoms with Crippen molar-refractivity contribution in [1.29, 1.82) is 0 Å². The maximum absolute atomic E-state index is 13.2. The average molecular weight is 504 g/mol. The number of halogens is 1. The third-order valence-corrected chi connectivity index (χ3v) is 7.30. The molecule has 0 radical (unpaired) electrons. The minimum atomic E-state index is -0.705. The number of pyridine rings is 1. The van der Waals surface area contributed by atoms with E-state index in [1.165, 1.54) is 0 Å². The molecule has 0 spiro atoms. The summed E-state index contributed by atoms with van der Waals surface area (Å²) in [7, 11) is 0. The van der Waals surface area contributed by atoms with Crippen LogP contribution < -0.4 is 15.8 Å². The van der Waals surface area contributed by atoms with E-state index < -0.39 is 6.29 Å². The molecule has 1 aliphatic rings. The molecule has 1 amide bonds. The number of hydrogen-bond acceptors (Lipinski definition) is 5. The maximum atomic E-state index is 13.2. The quantitative estimate of drug-likeness (QED) is 0.434. The maximum Gasteiger partial charge on any atom is 0.253 e. The van der Waals surface area contributed by atoms with Crippen LogP contribution in [0.15, 0.2) is 23.0 Å². The van der Waals surface area contributed by atoms with Crippen LogP contribution in [0.1, 0.15) is 72.3 Å². The number of hydrogen-bond donors (Lipinski definition) is 3. The van der Waals surface area contributed by atoms with Crippen LogP contribution in [0.4, 0.5) is 5.69 Å². The summed E-state index contributed by atoms with van der Waals surface area (Å²) in [6.07, 6.45) is 2.94. The van der Waals surface area contributed by atoms with Gasteiger partial charge >= 0.3 is 0 Å². The second-order valence-corrected chi connectivity index (χ2v) is 9.86. The van der Waals surface area contributed by atoms with Crippen LogP contribution in [0, 0.1) is 26.7 Å². The lowest BCUT2D eigenvalue weighted by molar-refractivity contribution is -0.137. The monoisotopic (exact) mass is 503 g/mol. The third-order valence-electron chi connectivity index (χ3n) is 7.08. The molecule has 0 aliphatic heterocycles. The van der Waals surface area contributed by atoms with Crippen LogP contribution in [0.25, 0.3) is 0 Å². The number of H-pyrrole nitrogens is 1. The number of aliphatic hydroxyl groups excluding tert-OH is 1. The van der Waals surface area contributed by atoms with Gasteiger partial charge in [0, 0.05) is 59.2 Å². The highest BCUT2D eigenvalue weighted by Crippen LogP contribution is 2.35. The number of amides is 1. The van der Waals surface area contributed by atoms with Gasteiger partial charge in [0.2, 0.25) is 0 Å². The van der Waals surface area contributed by atoms with Crippen molar-refractivity contribution in [1.82, 2.24) is 10.3 Å². The smallest absolute Gasteiger partial charge is 0.253 e. The number of nitrogens with one attached hydrogen (secondary N) is 2. The summed E-state index contributed by atoms with van der Waals surface area (Å²) in [5.41, 5.74) is 4.31. The van der Waals surface area contributed by atoms with Crippen LogP contribution in [-0.4, -0.2) is 41.5 Å². The summed E-state index contributed by atoms with van der Waals surface area (Å²) in [6.45, 7) is 11.1. The number of carbonyl (C=O) groups is 1. The molecule has 1 aromatic carbocycles. The fraction of sp³-hybridized carbons (Fsp3) is 0.556. The molecule has 7 nitrogen and oxygen atoms in total. The largest absolute Gasteiger partial charge is 0.369 e. The first-order valence-corrected chi connectivity index (χ1v) is 12.9. The number of aryl methyl sites for hydroxylation is 2. The van der Waals surface area contributed by atoms with Crippen molar-refractivity contribution in [2.45, 2.75) is 79.2 Å². The summed E-state index contributed by atoms with van der Waals surface area (Å²) in [5.74, 6) is -0.106. The van der Waals surface area contributed by atoms with E-state index in [0.717, 1.165) is 54.7 Å². The molecule has 0 unspecified atom stereocenters. The van der Waals surface area contributed by atoms with Crippen molar-refractivity contribution < 1.29 is 14.6 Å². The number of carbonyl (C=O) groups excluding carboxylic acids is 1. The molecule has 1 heterocycles. The number of anilines is 1. The van der Waals surface area contributed by atoms with Gasteiger partial charge in [-0.3, -0.25) is 9.59 Å². The number of ether oxygens (including phenoxy) is 1. The standard InChI is InChI=1S/C27H38ClN3O4/c1-6-31(21-10-8-19(9-11-21)27(34)35-7-2)24-14-20(28)13-22(18(24)5)25(32)29-15-23-16(3)12-17(4)30-26(23)33/h12-14,19,21,27,34H,6-11,15H2,1-5H3,(H,29,32)(H,30,33)/t19-,21-,27-/m0/s1. The topological polar surface area (TPSA) is 94.7 Å². The van der Waals surface area contributed by atoms with E-state index in [0.29, 0.717) is 28.8 Å². The zero-order valence-electron chi connectivity index (χ0n) is 21.4. The van der Waals surface area contributed by atoms with Crippen LogP contribution in [0.5, 0.6) is 0 Å². The van der Waals surface area contributed by atoms with Gasteiger partial charge < -0.3 is 25.0 Å². The number of nitrogens with zero attached hydrogens (tertiary/aromatic N) is 1. The number of aromatic amines is 1. The second-order valence-electron chi connectivity index (χ2n) is 9.42. The molecule has 192 valence electrons. The fourth-order valence-electron chi connectivity index (χ4n) is 5.19. The zero-order chi connectivity index (χ0) is 25.7. The van der Waals surface area contributed by atoms with Gasteiger partial charge in [-0.2, -0.15) is 0 Å². The summed E-state index contributed by atoms with van der Waals surface area (Å²) in [5, 5.41) is 13.6. The molecule has 0 bridgehead atoms. The zero-order valence-corrected chi connectivity index (χ0v) is 22.2. The first-order chi connectivity index (χ1) is 16.7. The fourth-order valence-corrected chi connectivity index (χ4v) is 5.41. The molecule has 1 aromatic heterocycles. The van der Waals surface area contributed by atoms with Crippen LogP contribution in [0.2, 0.25) is 5.02 Å². The summed E-state index contributed by atoms with van der Waals surface area (Å²) in [4.78, 5) is 30.6. The Labute approximate surface area is 212 Å². The van der Waals surface area contributed by atoms with Gasteiger partial charge in [-0.15, -0.1) is 0 Å². The van der Waals surface area contributed by atoms with E-state index in [-0.39, 0.29) is 23.9 Å². The lowest BCUT2D eigenvalue weighted by Gasteiger charge is -2.39. The van der Waals surface area contributed by atoms with Gasteiger partial charge in [0.25, 0.3) is 11.5 Å². The summed E-state index contributed by atoms with van der Waals surface area (Å²) >= 11 is 6.48. The predicted molar refractivity (Wildman–Crippen MR) is 140 cm³/mol. The van der Waals surface area contributed by atoms with Crippen molar-refractivity contribution in [3.63, 3.8) is 0 Å². The Morgan fingerprint density at radius 1 is 1.20 bits per heavy atom. The van der Waals surface area contributed by atoms with Gasteiger partial charge in [0.05, 0.1) is 0 Å². The Morgan fingerprint density at radius 2 is 1.89 bits per heavy atom. The highest BCUT2D eigenvalue weighted by atomic mass is 35.5. The molecule has 2 aromatic rings. The van der Waals surface area contributed by atoms with Crippen molar-refractivity contribution >= 4 is 23.2 Å². The minimum Gasteiger partial charge on any atom is -0.369 e. The van der Waals surface area contributed by atoms with Crippen molar-refractivity contribution in [2.24, 2.45) is 5.92 Å². The van der Waals surface area contributed by atoms with Crippen LogP contribution >= 0.6 is 11.6 Å². The van der Waals surface area contributed by atoms with Crippen molar-refractivity contribution in [2.75, 3.05) is 18.1 Å². The first-order valence-electron chi connectivity index (χ1n) is 12.5. The highest BCUT2D eigenvalue weighted by Gasteiger charge is 2.30. The molecular formula is C27H38ClN3O4. The number of benzene rings is 1. The lowest BCUT2D eigenvalue weighted by Crippen LogP contribution is -2.41. The molecule has 8 heteroatoms. The molecule has 3 N–H and O–H groups in total. The predicted octanol–water partition coefficient (Wildman–Crippen LogP) is 4.62. The molecule has 0 saturated heterocycles. The van der Waals surface area contributed by atoms with E-state index >= 15 is 0 Å². The third kappa shape index (κ3) is 6.46. The van der Waals surface area contributed by atoms with Gasteiger partial charge in [-0.1, -0.05) is 11.6 Å². The highest BCUT2D eigenvalue weighted by molar-refractivity contribution is 6.31. The lowest BCUT2D eigenvalue weighted by atomic mass is 9.84. The summed E-state index contributed by atoms with van der Waals surface area (Å²) in [6, 6.07) is 5.80. The Balaban J connectivity index is 1.77. The van der Waals surface area contributed by atoms with Crippen molar-refractivity contribution in [3.05, 3.63) is 61.5 Å². The van der Waals surface area contributed by atoms with Crippen molar-refractivity contribution in [3.8, 4) is 0 Å². The van der Waals surface area contributed by atoms with E-state index in [9.17, 15) is 14.7 Å². The van der Waals surface area contributed by atoms with Gasteiger partial charge in [0.1, 0.15) is 0 Å². The molecule has 1 saturated carbocycles. The second kappa shape index (κ2) is 12.1. The molecule has 35 heavy (non-hydrogen) atoms. The van der Waals surface area contributed by atoms with Gasteiger partial charge in [-0.25, -0.2) is 0 Å². The minimum absolute atomic E-state index is 0.144. The molecule has 1 aliphatic carbocycles. The Hall–Kier alpha value is -2.35. The molecule has 1 atom stereocenters. The average Bonchev–Trinajstić information content (AvgIpc) is 2.81. The van der Waals surface area contributed by atoms with Gasteiger partial charge in [-0.05, 0) is 89.6 Å². The van der Waals surface area contributed by atoms with Crippen LogP contribution in [0.3, 0.4) is 0 Å². The Morgan fingerprint density at radius 3 is 2.49 bits per heavy atom. The first kappa shape index (κ1) is 27.2. The summed E-state index contributed by atoms with van der Waals surface area (Å²) < 4.78 is 5.40. The van der Waals surface area contributed by atoms with Gasteiger partial charge in [0.15, 0.2) is 6.29 Å². The molecule has 1 fully saturated rings. The number of aromatic nitrogens is 1. The van der Waals surface area contributed by atoms with E-state index in [4.69, 9.17) is 16.3 Å². The van der Waals surface area contributed by atoms with Crippen LogP contribution in [-0.2, 0) is 11.3 Å². The van der Waals surface area contributed by atoms with E-state index in [1.54, 1.807) is 6.07 Å². The molecule has 3 rings (SSSR count).